The molecule has 0 spiro atoms. The number of rotatable bonds is 2. The van der Waals surface area contributed by atoms with Crippen molar-refractivity contribution in [2.75, 3.05) is 7.05 Å². The minimum absolute atomic E-state index is 0. The van der Waals surface area contributed by atoms with Gasteiger partial charge in [-0.3, -0.25) is 4.79 Å². The van der Waals surface area contributed by atoms with Crippen LogP contribution in [0.2, 0.25) is 0 Å². The fraction of sp³-hybridized carbons (Fsp3) is 0.533. The van der Waals surface area contributed by atoms with Crippen LogP contribution in [0.5, 0.6) is 0 Å². The van der Waals surface area contributed by atoms with Crippen LogP contribution in [0, 0.1) is 0 Å². The first kappa shape index (κ1) is 19.1. The van der Waals surface area contributed by atoms with Crippen molar-refractivity contribution in [3.05, 3.63) is 35.4 Å². The standard InChI is InChI=1S/C15H18F3NO2.BrH/c1-13(21)8-3-9-14(19-2,12(13)20)10-4-6-11(7-5-10)15(16,17)18;/h4-7,19,21H,3,8-9H2,1-2H3;1H/t13-,14+;/m0./s1. The Balaban J connectivity index is 0.00000242. The number of nitrogens with one attached hydrogen (secondary N) is 1. The molecule has 1 aliphatic carbocycles. The van der Waals surface area contributed by atoms with E-state index in [0.29, 0.717) is 24.8 Å². The number of likely N-dealkylation sites (N-methyl/N-ethyl adjacent to an activating group) is 1. The number of carbonyl (C=O) groups excluding carboxylic acids is 1. The van der Waals surface area contributed by atoms with Crippen molar-refractivity contribution in [3.63, 3.8) is 0 Å². The van der Waals surface area contributed by atoms with Crippen molar-refractivity contribution in [3.8, 4) is 0 Å². The maximum absolute atomic E-state index is 12.6. The number of halogens is 4. The molecule has 0 unspecified atom stereocenters. The molecule has 1 aromatic rings. The van der Waals surface area contributed by atoms with Gasteiger partial charge in [0.15, 0.2) is 5.78 Å². The minimum Gasteiger partial charge on any atom is -0.382 e. The summed E-state index contributed by atoms with van der Waals surface area (Å²) in [6, 6.07) is 4.54. The lowest BCUT2D eigenvalue weighted by atomic mass is 9.69. The van der Waals surface area contributed by atoms with Crippen LogP contribution in [-0.2, 0) is 16.5 Å². The number of ketones is 1. The van der Waals surface area contributed by atoms with Gasteiger partial charge in [0.2, 0.25) is 0 Å². The van der Waals surface area contributed by atoms with Crippen LogP contribution in [0.25, 0.3) is 0 Å². The second kappa shape index (κ2) is 6.29. The highest BCUT2D eigenvalue weighted by Gasteiger charge is 2.50. The molecule has 1 fully saturated rings. The molecular weight excluding hydrogens is 363 g/mol. The molecule has 0 amide bonds. The first-order chi connectivity index (χ1) is 9.63. The molecule has 0 aliphatic heterocycles. The third-order valence-corrected chi connectivity index (χ3v) is 4.22. The average molecular weight is 382 g/mol. The van der Waals surface area contributed by atoms with Gasteiger partial charge in [0, 0.05) is 0 Å². The summed E-state index contributed by atoms with van der Waals surface area (Å²) in [6.07, 6.45) is -2.99. The van der Waals surface area contributed by atoms with Crippen molar-refractivity contribution >= 4 is 22.8 Å². The number of alkyl halides is 3. The Morgan fingerprint density at radius 1 is 1.18 bits per heavy atom. The second-order valence-electron chi connectivity index (χ2n) is 5.69. The average Bonchev–Trinajstić information content (AvgIpc) is 2.41. The first-order valence-corrected chi connectivity index (χ1v) is 6.77. The Bertz CT molecular complexity index is 543. The smallest absolute Gasteiger partial charge is 0.382 e. The highest BCUT2D eigenvalue weighted by Crippen LogP contribution is 2.39. The lowest BCUT2D eigenvalue weighted by molar-refractivity contribution is -0.148. The van der Waals surface area contributed by atoms with E-state index in [-0.39, 0.29) is 17.0 Å². The van der Waals surface area contributed by atoms with E-state index in [0.717, 1.165) is 12.1 Å². The summed E-state index contributed by atoms with van der Waals surface area (Å²) >= 11 is 0. The Morgan fingerprint density at radius 3 is 2.18 bits per heavy atom. The molecule has 1 aromatic carbocycles. The van der Waals surface area contributed by atoms with Crippen LogP contribution in [0.3, 0.4) is 0 Å². The quantitative estimate of drug-likeness (QED) is 0.826. The van der Waals surface area contributed by atoms with Gasteiger partial charge in [0.1, 0.15) is 11.1 Å². The SMILES string of the molecule is Br.CN[C@@]1(c2ccc(C(F)(F)F)cc2)CCC[C@](C)(O)C1=O. The Kier molecular flexibility index (Phi) is 5.47. The van der Waals surface area contributed by atoms with Crippen LogP contribution >= 0.6 is 17.0 Å². The van der Waals surface area contributed by atoms with Gasteiger partial charge in [0.25, 0.3) is 0 Å². The zero-order valence-electron chi connectivity index (χ0n) is 12.3. The Hall–Kier alpha value is -0.920. The van der Waals surface area contributed by atoms with E-state index in [1.54, 1.807) is 7.05 Å². The summed E-state index contributed by atoms with van der Waals surface area (Å²) in [4.78, 5) is 12.5. The third kappa shape index (κ3) is 3.21. The molecule has 2 N–H and O–H groups in total. The number of aliphatic hydroxyl groups is 1. The van der Waals surface area contributed by atoms with Crippen LogP contribution in [0.15, 0.2) is 24.3 Å². The molecule has 2 rings (SSSR count). The maximum Gasteiger partial charge on any atom is 0.416 e. The minimum atomic E-state index is -4.41. The molecule has 7 heteroatoms. The molecule has 0 saturated heterocycles. The van der Waals surface area contributed by atoms with E-state index in [4.69, 9.17) is 0 Å². The van der Waals surface area contributed by atoms with E-state index in [1.807, 2.05) is 0 Å². The number of benzene rings is 1. The van der Waals surface area contributed by atoms with Gasteiger partial charge in [-0.1, -0.05) is 12.1 Å². The Labute approximate surface area is 137 Å². The van der Waals surface area contributed by atoms with Crippen LogP contribution < -0.4 is 5.32 Å². The zero-order chi connectivity index (χ0) is 15.9. The van der Waals surface area contributed by atoms with E-state index in [2.05, 4.69) is 5.32 Å². The molecular formula is C15H19BrF3NO2. The predicted molar refractivity (Wildman–Crippen MR) is 82.0 cm³/mol. The molecule has 0 heterocycles. The number of hydrogen-bond acceptors (Lipinski definition) is 3. The normalized spacial score (nSPS) is 29.1. The third-order valence-electron chi connectivity index (χ3n) is 4.22. The molecule has 22 heavy (non-hydrogen) atoms. The van der Waals surface area contributed by atoms with Gasteiger partial charge in [-0.05, 0) is 50.9 Å². The molecule has 1 aliphatic rings. The summed E-state index contributed by atoms with van der Waals surface area (Å²) in [7, 11) is 1.58. The molecule has 0 bridgehead atoms. The topological polar surface area (TPSA) is 49.3 Å². The highest BCUT2D eigenvalue weighted by molar-refractivity contribution is 8.93. The fourth-order valence-corrected chi connectivity index (χ4v) is 2.99. The molecule has 0 aromatic heterocycles. The fourth-order valence-electron chi connectivity index (χ4n) is 2.99. The van der Waals surface area contributed by atoms with Gasteiger partial charge < -0.3 is 10.4 Å². The van der Waals surface area contributed by atoms with Crippen LogP contribution in [0.1, 0.15) is 37.3 Å². The number of hydrogen-bond donors (Lipinski definition) is 2. The van der Waals surface area contributed by atoms with E-state index < -0.39 is 28.7 Å². The van der Waals surface area contributed by atoms with Crippen molar-refractivity contribution < 1.29 is 23.1 Å². The van der Waals surface area contributed by atoms with E-state index in [1.165, 1.54) is 19.1 Å². The Morgan fingerprint density at radius 2 is 1.73 bits per heavy atom. The predicted octanol–water partition coefficient (Wildman–Crippen LogP) is 3.20. The van der Waals surface area contributed by atoms with Crippen molar-refractivity contribution in [2.45, 2.75) is 43.5 Å². The summed E-state index contributed by atoms with van der Waals surface area (Å²) in [5, 5.41) is 13.1. The van der Waals surface area contributed by atoms with Gasteiger partial charge >= 0.3 is 6.18 Å². The monoisotopic (exact) mass is 381 g/mol. The maximum atomic E-state index is 12.6. The van der Waals surface area contributed by atoms with Crippen molar-refractivity contribution in [1.29, 1.82) is 0 Å². The second-order valence-corrected chi connectivity index (χ2v) is 5.69. The summed E-state index contributed by atoms with van der Waals surface area (Å²) in [6.45, 7) is 1.45. The highest BCUT2D eigenvalue weighted by atomic mass is 79.9. The van der Waals surface area contributed by atoms with E-state index in [9.17, 15) is 23.1 Å². The van der Waals surface area contributed by atoms with Gasteiger partial charge in [0.05, 0.1) is 5.56 Å². The molecule has 124 valence electrons. The lowest BCUT2D eigenvalue weighted by Gasteiger charge is -2.42. The zero-order valence-corrected chi connectivity index (χ0v) is 14.0. The molecule has 0 radical (unpaired) electrons. The first-order valence-electron chi connectivity index (χ1n) is 6.77. The number of carbonyl (C=O) groups is 1. The summed E-state index contributed by atoms with van der Waals surface area (Å²) in [5.41, 5.74) is -2.91. The van der Waals surface area contributed by atoms with Crippen LogP contribution in [-0.4, -0.2) is 23.5 Å². The van der Waals surface area contributed by atoms with Crippen molar-refractivity contribution in [1.82, 2.24) is 5.32 Å². The summed E-state index contributed by atoms with van der Waals surface area (Å²) < 4.78 is 37.8. The van der Waals surface area contributed by atoms with E-state index >= 15 is 0 Å². The number of Topliss-reactive ketones (excluding diaryl/α,β-unsaturated/α-hetero) is 1. The van der Waals surface area contributed by atoms with Crippen LogP contribution in [0.4, 0.5) is 13.2 Å². The molecule has 3 nitrogen and oxygen atoms in total. The molecule has 1 saturated carbocycles. The lowest BCUT2D eigenvalue weighted by Crippen LogP contribution is -2.59. The van der Waals surface area contributed by atoms with Crippen molar-refractivity contribution in [2.24, 2.45) is 0 Å². The largest absolute Gasteiger partial charge is 0.416 e. The van der Waals surface area contributed by atoms with Gasteiger partial charge in [-0.15, -0.1) is 17.0 Å². The van der Waals surface area contributed by atoms with Gasteiger partial charge in [-0.2, -0.15) is 13.2 Å². The van der Waals surface area contributed by atoms with Gasteiger partial charge in [-0.25, -0.2) is 0 Å². The molecule has 2 atom stereocenters. The summed E-state index contributed by atoms with van der Waals surface area (Å²) in [5.74, 6) is -0.400.